The van der Waals surface area contributed by atoms with E-state index >= 15 is 0 Å². The highest BCUT2D eigenvalue weighted by Crippen LogP contribution is 2.29. The molecule has 0 unspecified atom stereocenters. The van der Waals surface area contributed by atoms with E-state index in [1.165, 1.54) is 80.7 Å². The summed E-state index contributed by atoms with van der Waals surface area (Å²) in [5.74, 6) is 1.12. The number of nitrogens with zero attached hydrogens (tertiary/aromatic N) is 6. The van der Waals surface area contributed by atoms with Crippen LogP contribution in [-0.2, 0) is 0 Å². The summed E-state index contributed by atoms with van der Waals surface area (Å²) in [4.78, 5) is 6.23. The fourth-order valence-electron chi connectivity index (χ4n) is 6.01. The van der Waals surface area contributed by atoms with E-state index in [4.69, 9.17) is 0 Å². The van der Waals surface area contributed by atoms with Crippen LogP contribution in [0.25, 0.3) is 0 Å². The Morgan fingerprint density at radius 1 is 0.821 bits per heavy atom. The number of rotatable bonds is 7. The minimum atomic E-state index is 0.230. The number of benzene rings is 1. The van der Waals surface area contributed by atoms with Crippen molar-refractivity contribution in [2.75, 3.05) is 77.9 Å². The van der Waals surface area contributed by atoms with E-state index in [0.29, 0.717) is 0 Å². The lowest BCUT2D eigenvalue weighted by Crippen LogP contribution is -2.38. The van der Waals surface area contributed by atoms with Crippen LogP contribution in [0.3, 0.4) is 0 Å². The highest BCUT2D eigenvalue weighted by atomic mass is 32.2. The van der Waals surface area contributed by atoms with Gasteiger partial charge in [-0.2, -0.15) is 5.26 Å². The maximum Gasteiger partial charge on any atom is 0.0656 e. The van der Waals surface area contributed by atoms with E-state index in [1.54, 1.807) is 0 Å². The molecule has 0 aromatic heterocycles. The van der Waals surface area contributed by atoms with Gasteiger partial charge in [0.1, 0.15) is 0 Å². The average Bonchev–Trinajstić information content (AvgIpc) is 2.93. The first-order valence-corrected chi connectivity index (χ1v) is 16.7. The molecule has 6 nitrogen and oxygen atoms in total. The number of hydrogen-bond acceptors (Lipinski definition) is 8. The molecule has 1 aliphatic carbocycles. The minimum Gasteiger partial charge on any atom is -0.378 e. The molecule has 2 saturated heterocycles. The van der Waals surface area contributed by atoms with Crippen LogP contribution in [0.2, 0.25) is 0 Å². The summed E-state index contributed by atoms with van der Waals surface area (Å²) in [6.07, 6.45) is 11.5. The topological polar surface area (TPSA) is 40.0 Å². The Morgan fingerprint density at radius 3 is 2.10 bits per heavy atom. The van der Waals surface area contributed by atoms with Crippen LogP contribution >= 0.6 is 24.1 Å². The molecule has 0 atom stereocenters. The van der Waals surface area contributed by atoms with E-state index in [-0.39, 0.29) is 5.92 Å². The van der Waals surface area contributed by atoms with Crippen LogP contribution in [0.4, 0.5) is 5.69 Å². The van der Waals surface area contributed by atoms with Gasteiger partial charge in [0.15, 0.2) is 0 Å². The third-order valence-electron chi connectivity index (χ3n) is 8.26. The standard InChI is InChI=1S/C31H50N6S2/c1-27-24-36(38-31-13-11-30(12-14-31)33(2)3)19-7-17-34(26-29-9-5-4-6-10-29)18-8-20-37(25-27)39-35-21-15-28(23-32)16-22-35/h11-14,28-29H,1,4-10,15-22,24-26H2,2-3H3. The molecule has 1 saturated carbocycles. The quantitative estimate of drug-likeness (QED) is 0.276. The van der Waals surface area contributed by atoms with Crippen molar-refractivity contribution in [3.8, 4) is 6.07 Å². The van der Waals surface area contributed by atoms with Crippen molar-refractivity contribution in [3.05, 3.63) is 36.4 Å². The third kappa shape index (κ3) is 10.6. The normalized spacial score (nSPS) is 23.2. The average molecular weight is 571 g/mol. The Hall–Kier alpha value is -1.21. The molecule has 0 radical (unpaired) electrons. The summed E-state index contributed by atoms with van der Waals surface area (Å²) in [5, 5.41) is 9.31. The molecule has 0 bridgehead atoms. The molecule has 0 N–H and O–H groups in total. The Bertz CT molecular complexity index is 903. The summed E-state index contributed by atoms with van der Waals surface area (Å²) in [7, 11) is 4.19. The monoisotopic (exact) mass is 570 g/mol. The molecule has 3 fully saturated rings. The maximum atomic E-state index is 9.31. The smallest absolute Gasteiger partial charge is 0.0656 e. The number of nitriles is 1. The molecule has 1 aromatic rings. The van der Waals surface area contributed by atoms with Crippen LogP contribution in [0, 0.1) is 23.2 Å². The first-order valence-electron chi connectivity index (χ1n) is 15.2. The van der Waals surface area contributed by atoms with Crippen LogP contribution in [0.15, 0.2) is 41.3 Å². The second-order valence-electron chi connectivity index (χ2n) is 11.9. The molecule has 1 aromatic carbocycles. The zero-order valence-corrected chi connectivity index (χ0v) is 26.0. The predicted octanol–water partition coefficient (Wildman–Crippen LogP) is 6.39. The fraction of sp³-hybridized carbons (Fsp3) is 0.710. The Balaban J connectivity index is 1.40. The maximum absolute atomic E-state index is 9.31. The predicted molar refractivity (Wildman–Crippen MR) is 169 cm³/mol. The second kappa shape index (κ2) is 16.3. The molecular weight excluding hydrogens is 521 g/mol. The second-order valence-corrected chi connectivity index (χ2v) is 14.2. The van der Waals surface area contributed by atoms with Crippen molar-refractivity contribution < 1.29 is 0 Å². The molecule has 39 heavy (non-hydrogen) atoms. The van der Waals surface area contributed by atoms with Crippen molar-refractivity contribution in [3.63, 3.8) is 0 Å². The van der Waals surface area contributed by atoms with Crippen molar-refractivity contribution in [1.82, 2.24) is 17.8 Å². The first kappa shape index (κ1) is 30.7. The molecule has 4 rings (SSSR count). The van der Waals surface area contributed by atoms with Gasteiger partial charge >= 0.3 is 0 Å². The molecule has 2 heterocycles. The summed E-state index contributed by atoms with van der Waals surface area (Å²) in [6, 6.07) is 11.4. The fourth-order valence-corrected chi connectivity index (χ4v) is 8.18. The van der Waals surface area contributed by atoms with Crippen LogP contribution in [0.1, 0.15) is 57.8 Å². The Kier molecular flexibility index (Phi) is 12.8. The molecule has 3 aliphatic rings. The lowest BCUT2D eigenvalue weighted by Gasteiger charge is -2.35. The Morgan fingerprint density at radius 2 is 1.46 bits per heavy atom. The van der Waals surface area contributed by atoms with Gasteiger partial charge < -0.3 is 9.80 Å². The highest BCUT2D eigenvalue weighted by molar-refractivity contribution is 7.97. The molecule has 216 valence electrons. The van der Waals surface area contributed by atoms with Gasteiger partial charge in [0, 0.05) is 88.5 Å². The largest absolute Gasteiger partial charge is 0.378 e. The summed E-state index contributed by atoms with van der Waals surface area (Å²) in [6.45, 7) is 14.2. The van der Waals surface area contributed by atoms with Crippen molar-refractivity contribution >= 4 is 29.8 Å². The number of anilines is 1. The zero-order chi connectivity index (χ0) is 27.5. The molecule has 0 amide bonds. The van der Waals surface area contributed by atoms with E-state index in [9.17, 15) is 5.26 Å². The SMILES string of the molecule is C=C1CN(Sc2ccc(N(C)C)cc2)CCCN(CC2CCCCC2)CCCN(SN2CCC(C#N)CC2)C1. The lowest BCUT2D eigenvalue weighted by molar-refractivity contribution is 0.189. The minimum absolute atomic E-state index is 0.230. The van der Waals surface area contributed by atoms with Gasteiger partial charge in [-0.05, 0) is 99.3 Å². The van der Waals surface area contributed by atoms with E-state index in [0.717, 1.165) is 58.0 Å². The van der Waals surface area contributed by atoms with Gasteiger partial charge in [-0.15, -0.1) is 0 Å². The van der Waals surface area contributed by atoms with Gasteiger partial charge in [-0.25, -0.2) is 12.9 Å². The number of hydrogen-bond donors (Lipinski definition) is 0. The first-order chi connectivity index (χ1) is 19.0. The van der Waals surface area contributed by atoms with Crippen molar-refractivity contribution in [2.45, 2.75) is 62.7 Å². The highest BCUT2D eigenvalue weighted by Gasteiger charge is 2.23. The van der Waals surface area contributed by atoms with E-state index in [2.05, 4.69) is 73.7 Å². The summed E-state index contributed by atoms with van der Waals surface area (Å²) >= 11 is 3.79. The van der Waals surface area contributed by atoms with Gasteiger partial charge in [-0.1, -0.05) is 25.8 Å². The van der Waals surface area contributed by atoms with Crippen LogP contribution in [0.5, 0.6) is 0 Å². The zero-order valence-electron chi connectivity index (χ0n) is 24.4. The van der Waals surface area contributed by atoms with Crippen molar-refractivity contribution in [1.29, 1.82) is 5.26 Å². The molecule has 2 aliphatic heterocycles. The van der Waals surface area contributed by atoms with Gasteiger partial charge in [0.25, 0.3) is 0 Å². The number of piperidine rings is 1. The van der Waals surface area contributed by atoms with Crippen LogP contribution in [-0.4, -0.2) is 90.8 Å². The molecule has 0 spiro atoms. The third-order valence-corrected chi connectivity index (χ3v) is 10.5. The van der Waals surface area contributed by atoms with Crippen LogP contribution < -0.4 is 4.90 Å². The molecular formula is C31H50N6S2. The van der Waals surface area contributed by atoms with Gasteiger partial charge in [-0.3, -0.25) is 0 Å². The summed E-state index contributed by atoms with van der Waals surface area (Å²) < 4.78 is 7.56. The van der Waals surface area contributed by atoms with Gasteiger partial charge in [0.05, 0.1) is 6.07 Å². The Labute approximate surface area is 247 Å². The van der Waals surface area contributed by atoms with Gasteiger partial charge in [0.2, 0.25) is 0 Å². The van der Waals surface area contributed by atoms with E-state index < -0.39 is 0 Å². The van der Waals surface area contributed by atoms with Crippen molar-refractivity contribution in [2.24, 2.45) is 11.8 Å². The van der Waals surface area contributed by atoms with E-state index in [1.807, 2.05) is 24.1 Å². The molecule has 8 heteroatoms. The summed E-state index contributed by atoms with van der Waals surface area (Å²) in [5.41, 5.74) is 2.52. The lowest BCUT2D eigenvalue weighted by atomic mass is 9.89.